The highest BCUT2D eigenvalue weighted by Crippen LogP contribution is 2.34. The van der Waals surface area contributed by atoms with E-state index >= 15 is 0 Å². The second-order valence-electron chi connectivity index (χ2n) is 8.15. The van der Waals surface area contributed by atoms with Gasteiger partial charge in [-0.05, 0) is 65.2 Å². The first-order valence-electron chi connectivity index (χ1n) is 10.0. The van der Waals surface area contributed by atoms with E-state index in [1.165, 1.54) is 0 Å². The van der Waals surface area contributed by atoms with Crippen molar-refractivity contribution in [1.82, 2.24) is 9.80 Å². The maximum Gasteiger partial charge on any atom is 0.226 e. The minimum Gasteiger partial charge on any atom is -0.332 e. The van der Waals surface area contributed by atoms with Crippen molar-refractivity contribution >= 4 is 23.4 Å². The Morgan fingerprint density at radius 3 is 1.27 bits per heavy atom. The van der Waals surface area contributed by atoms with Crippen LogP contribution in [0.5, 0.6) is 0 Å². The molecule has 2 aliphatic heterocycles. The Balaban J connectivity index is 1.55. The summed E-state index contributed by atoms with van der Waals surface area (Å²) in [5.74, 6) is 0.197. The van der Waals surface area contributed by atoms with Crippen molar-refractivity contribution in [3.8, 4) is 0 Å². The largest absolute Gasteiger partial charge is 0.332 e. The average molecular weight is 362 g/mol. The molecule has 2 atom stereocenters. The number of amides is 2. The van der Waals surface area contributed by atoms with E-state index in [2.05, 4.69) is 0 Å². The topological polar surface area (TPSA) is 74.8 Å². The fourth-order valence-corrected chi connectivity index (χ4v) is 4.96. The molecule has 2 amide bonds. The quantitative estimate of drug-likeness (QED) is 0.766. The molecule has 3 rings (SSSR count). The fourth-order valence-electron chi connectivity index (χ4n) is 4.96. The fraction of sp³-hybridized carbons (Fsp3) is 0.800. The van der Waals surface area contributed by atoms with Gasteiger partial charge in [-0.15, -0.1) is 0 Å². The first-order valence-corrected chi connectivity index (χ1v) is 10.0. The van der Waals surface area contributed by atoms with E-state index in [-0.39, 0.29) is 47.3 Å². The third-order valence-corrected chi connectivity index (χ3v) is 6.44. The molecular weight excluding hydrogens is 332 g/mol. The molecule has 0 radical (unpaired) electrons. The summed E-state index contributed by atoms with van der Waals surface area (Å²) < 4.78 is 0. The number of hydrogen-bond donors (Lipinski definition) is 0. The van der Waals surface area contributed by atoms with Crippen LogP contribution in [-0.2, 0) is 19.2 Å². The number of Topliss-reactive ketones (excluding diaryl/α,β-unsaturated/α-hetero) is 2. The second kappa shape index (κ2) is 7.89. The molecule has 0 unspecified atom stereocenters. The smallest absolute Gasteiger partial charge is 0.226 e. The van der Waals surface area contributed by atoms with Crippen LogP contribution >= 0.6 is 0 Å². The Morgan fingerprint density at radius 2 is 0.962 bits per heavy atom. The summed E-state index contributed by atoms with van der Waals surface area (Å²) in [6.07, 6.45) is 6.15. The van der Waals surface area contributed by atoms with Crippen molar-refractivity contribution < 1.29 is 19.2 Å². The number of carbonyl (C=O) groups excluding carboxylic acids is 4. The lowest BCUT2D eigenvalue weighted by atomic mass is 9.80. The van der Waals surface area contributed by atoms with E-state index < -0.39 is 0 Å². The summed E-state index contributed by atoms with van der Waals surface area (Å²) in [6, 6.07) is -0.495. The van der Waals surface area contributed by atoms with Crippen LogP contribution in [0.25, 0.3) is 0 Å². The standard InChI is InChI=1S/C20H30N2O4/c1-13(23)17-5-3-11-21(17)19(25)15-7-9-16(10-8-15)20(26)22-12-4-6-18(22)14(2)24/h15-18H,3-12H2,1-2H3/t15?,16?,17-,18-/m0/s1. The third-order valence-electron chi connectivity index (χ3n) is 6.44. The van der Waals surface area contributed by atoms with Crippen LogP contribution in [0.2, 0.25) is 0 Å². The number of carbonyl (C=O) groups is 4. The lowest BCUT2D eigenvalue weighted by molar-refractivity contribution is -0.145. The molecule has 1 saturated carbocycles. The molecule has 0 aromatic carbocycles. The third kappa shape index (κ3) is 3.69. The number of ketones is 2. The van der Waals surface area contributed by atoms with E-state index in [1.54, 1.807) is 23.6 Å². The molecule has 0 aromatic rings. The number of likely N-dealkylation sites (tertiary alicyclic amines) is 2. The summed E-state index contributed by atoms with van der Waals surface area (Å²) in [4.78, 5) is 52.7. The van der Waals surface area contributed by atoms with Crippen LogP contribution in [0, 0.1) is 11.8 Å². The molecule has 144 valence electrons. The van der Waals surface area contributed by atoms with Gasteiger partial charge in [-0.2, -0.15) is 0 Å². The van der Waals surface area contributed by atoms with Gasteiger partial charge in [0.2, 0.25) is 11.8 Å². The molecule has 2 heterocycles. The molecule has 0 aromatic heterocycles. The van der Waals surface area contributed by atoms with Crippen molar-refractivity contribution in [3.63, 3.8) is 0 Å². The zero-order chi connectivity index (χ0) is 18.8. The van der Waals surface area contributed by atoms with Gasteiger partial charge in [-0.3, -0.25) is 19.2 Å². The molecule has 6 nitrogen and oxygen atoms in total. The minimum absolute atomic E-state index is 0.0683. The summed E-state index contributed by atoms with van der Waals surface area (Å²) >= 11 is 0. The molecule has 1 aliphatic carbocycles. The Labute approximate surface area is 155 Å². The number of rotatable bonds is 4. The number of nitrogens with zero attached hydrogens (tertiary/aromatic N) is 2. The Morgan fingerprint density at radius 1 is 0.615 bits per heavy atom. The Bertz CT molecular complexity index is 543. The van der Waals surface area contributed by atoms with Crippen LogP contribution in [0.15, 0.2) is 0 Å². The summed E-state index contributed by atoms with van der Waals surface area (Å²) in [5.41, 5.74) is 0. The van der Waals surface area contributed by atoms with Gasteiger partial charge in [0.25, 0.3) is 0 Å². The highest BCUT2D eigenvalue weighted by molar-refractivity contribution is 5.90. The van der Waals surface area contributed by atoms with Gasteiger partial charge in [-0.1, -0.05) is 0 Å². The van der Waals surface area contributed by atoms with E-state index in [9.17, 15) is 19.2 Å². The number of hydrogen-bond acceptors (Lipinski definition) is 4. The predicted octanol–water partition coefficient (Wildman–Crippen LogP) is 1.95. The maximum atomic E-state index is 12.8. The van der Waals surface area contributed by atoms with Gasteiger partial charge in [-0.25, -0.2) is 0 Å². The highest BCUT2D eigenvalue weighted by Gasteiger charge is 2.40. The van der Waals surface area contributed by atoms with E-state index in [0.717, 1.165) is 25.7 Å². The van der Waals surface area contributed by atoms with Crippen molar-refractivity contribution in [3.05, 3.63) is 0 Å². The SMILES string of the molecule is CC(=O)[C@@H]1CCCN1C(=O)C1CCC(C(=O)N2CCC[C@H]2C(C)=O)CC1. The lowest BCUT2D eigenvalue weighted by Gasteiger charge is -2.34. The molecule has 3 fully saturated rings. The van der Waals surface area contributed by atoms with Gasteiger partial charge in [0.15, 0.2) is 11.6 Å². The normalized spacial score (nSPS) is 31.9. The summed E-state index contributed by atoms with van der Waals surface area (Å²) in [6.45, 7) is 4.48. The van der Waals surface area contributed by atoms with Crippen LogP contribution in [-0.4, -0.2) is 58.4 Å². The zero-order valence-corrected chi connectivity index (χ0v) is 15.9. The first-order chi connectivity index (χ1) is 12.4. The molecule has 3 aliphatic rings. The van der Waals surface area contributed by atoms with Crippen LogP contribution in [0.1, 0.15) is 65.2 Å². The lowest BCUT2D eigenvalue weighted by Crippen LogP contribution is -2.46. The molecule has 0 spiro atoms. The van der Waals surface area contributed by atoms with E-state index in [0.29, 0.717) is 38.8 Å². The van der Waals surface area contributed by atoms with Crippen molar-refractivity contribution in [2.45, 2.75) is 77.3 Å². The minimum atomic E-state index is -0.247. The maximum absolute atomic E-state index is 12.8. The summed E-state index contributed by atoms with van der Waals surface area (Å²) in [5, 5.41) is 0. The molecule has 0 bridgehead atoms. The Kier molecular flexibility index (Phi) is 5.78. The zero-order valence-electron chi connectivity index (χ0n) is 15.9. The van der Waals surface area contributed by atoms with Gasteiger partial charge >= 0.3 is 0 Å². The highest BCUT2D eigenvalue weighted by atomic mass is 16.2. The van der Waals surface area contributed by atoms with Crippen molar-refractivity contribution in [2.24, 2.45) is 11.8 Å². The van der Waals surface area contributed by atoms with Gasteiger partial charge in [0.05, 0.1) is 12.1 Å². The van der Waals surface area contributed by atoms with Gasteiger partial charge in [0, 0.05) is 24.9 Å². The monoisotopic (exact) mass is 362 g/mol. The molecule has 0 N–H and O–H groups in total. The average Bonchev–Trinajstić information content (AvgIpc) is 3.29. The van der Waals surface area contributed by atoms with E-state index in [4.69, 9.17) is 0 Å². The van der Waals surface area contributed by atoms with Gasteiger partial charge < -0.3 is 9.80 Å². The van der Waals surface area contributed by atoms with E-state index in [1.807, 2.05) is 0 Å². The van der Waals surface area contributed by atoms with Crippen molar-refractivity contribution in [2.75, 3.05) is 13.1 Å². The van der Waals surface area contributed by atoms with Gasteiger partial charge in [0.1, 0.15) is 0 Å². The Hall–Kier alpha value is -1.72. The second-order valence-corrected chi connectivity index (χ2v) is 8.15. The molecule has 6 heteroatoms. The van der Waals surface area contributed by atoms with Crippen LogP contribution in [0.4, 0.5) is 0 Å². The van der Waals surface area contributed by atoms with Crippen molar-refractivity contribution in [1.29, 1.82) is 0 Å². The molecular formula is C20H30N2O4. The molecule has 2 saturated heterocycles. The predicted molar refractivity (Wildman–Crippen MR) is 96.3 cm³/mol. The summed E-state index contributed by atoms with van der Waals surface area (Å²) in [7, 11) is 0. The first kappa shape index (κ1) is 19.1. The van der Waals surface area contributed by atoms with Crippen LogP contribution in [0.3, 0.4) is 0 Å². The van der Waals surface area contributed by atoms with Crippen LogP contribution < -0.4 is 0 Å². The molecule has 26 heavy (non-hydrogen) atoms.